The van der Waals surface area contributed by atoms with Crippen molar-refractivity contribution < 1.29 is 4.74 Å². The Bertz CT molecular complexity index is 1160. The number of aromatic nitrogens is 4. The molecule has 0 aliphatic carbocycles. The van der Waals surface area contributed by atoms with E-state index in [-0.39, 0.29) is 6.10 Å². The van der Waals surface area contributed by atoms with E-state index < -0.39 is 0 Å². The van der Waals surface area contributed by atoms with Crippen molar-refractivity contribution in [3.8, 4) is 16.3 Å². The number of hydrogen-bond donors (Lipinski definition) is 0. The number of ether oxygens (including phenoxy) is 1. The fourth-order valence-electron chi connectivity index (χ4n) is 3.03. The van der Waals surface area contributed by atoms with Crippen LogP contribution in [0.15, 0.2) is 77.8 Å². The molecule has 5 nitrogen and oxygen atoms in total. The monoisotopic (exact) mass is 468 g/mol. The molecule has 0 radical (unpaired) electrons. The van der Waals surface area contributed by atoms with Crippen LogP contribution in [-0.4, -0.2) is 19.7 Å². The van der Waals surface area contributed by atoms with Gasteiger partial charge in [0, 0.05) is 23.2 Å². The predicted octanol–water partition coefficient (Wildman–Crippen LogP) is 6.67. The number of halogens is 1. The Kier molecular flexibility index (Phi) is 7.06. The predicted molar refractivity (Wildman–Crippen MR) is 128 cm³/mol. The molecule has 0 aliphatic rings. The minimum Gasteiger partial charge on any atom is -0.483 e. The fourth-order valence-corrected chi connectivity index (χ4v) is 5.13. The molecular formula is C23H21ClN4OS2. The first-order chi connectivity index (χ1) is 15.2. The van der Waals surface area contributed by atoms with Gasteiger partial charge in [-0.3, -0.25) is 4.57 Å². The number of hydrogen-bond acceptors (Lipinski definition) is 6. The molecule has 0 fully saturated rings. The molecule has 2 aromatic carbocycles. The largest absolute Gasteiger partial charge is 0.483 e. The molecular weight excluding hydrogens is 448 g/mol. The highest BCUT2D eigenvalue weighted by atomic mass is 35.5. The SMILES string of the molecule is C=CCn1c(SCc2csc(-c3ccccc3Cl)n2)nnc1C(C)Oc1ccccc1. The number of thiazole rings is 1. The van der Waals surface area contributed by atoms with Gasteiger partial charge in [0.05, 0.1) is 10.7 Å². The first-order valence-electron chi connectivity index (χ1n) is 9.73. The van der Waals surface area contributed by atoms with Gasteiger partial charge in [-0.05, 0) is 25.1 Å². The second-order valence-corrected chi connectivity index (χ2v) is 8.93. The van der Waals surface area contributed by atoms with Crippen LogP contribution in [0.25, 0.3) is 10.6 Å². The summed E-state index contributed by atoms with van der Waals surface area (Å²) in [7, 11) is 0. The van der Waals surface area contributed by atoms with Gasteiger partial charge in [-0.25, -0.2) is 4.98 Å². The van der Waals surface area contributed by atoms with E-state index in [1.807, 2.05) is 72.2 Å². The summed E-state index contributed by atoms with van der Waals surface area (Å²) in [5.74, 6) is 2.25. The lowest BCUT2D eigenvalue weighted by Crippen LogP contribution is -2.12. The maximum absolute atomic E-state index is 6.31. The molecule has 0 amide bonds. The van der Waals surface area contributed by atoms with Crippen LogP contribution in [0.5, 0.6) is 5.75 Å². The van der Waals surface area contributed by atoms with Crippen LogP contribution in [0.3, 0.4) is 0 Å². The second kappa shape index (κ2) is 10.1. The van der Waals surface area contributed by atoms with Crippen LogP contribution in [0, 0.1) is 0 Å². The van der Waals surface area contributed by atoms with Crippen molar-refractivity contribution in [1.29, 1.82) is 0 Å². The summed E-state index contributed by atoms with van der Waals surface area (Å²) in [6, 6.07) is 17.5. The molecule has 31 heavy (non-hydrogen) atoms. The minimum atomic E-state index is -0.240. The summed E-state index contributed by atoms with van der Waals surface area (Å²) < 4.78 is 8.07. The molecule has 0 saturated carbocycles. The van der Waals surface area contributed by atoms with Gasteiger partial charge in [-0.15, -0.1) is 28.1 Å². The number of para-hydroxylation sites is 1. The molecule has 158 valence electrons. The molecule has 4 aromatic rings. The van der Waals surface area contributed by atoms with Crippen molar-refractivity contribution in [2.45, 2.75) is 30.5 Å². The Labute approximate surface area is 194 Å². The normalized spacial score (nSPS) is 11.9. The van der Waals surface area contributed by atoms with E-state index in [0.29, 0.717) is 17.3 Å². The average Bonchev–Trinajstić information content (AvgIpc) is 3.41. The lowest BCUT2D eigenvalue weighted by atomic mass is 10.2. The van der Waals surface area contributed by atoms with Crippen LogP contribution in [0.4, 0.5) is 0 Å². The average molecular weight is 469 g/mol. The first-order valence-corrected chi connectivity index (χ1v) is 12.0. The molecule has 2 aromatic heterocycles. The summed E-state index contributed by atoms with van der Waals surface area (Å²) in [6.45, 7) is 6.45. The molecule has 0 N–H and O–H groups in total. The van der Waals surface area contributed by atoms with Crippen LogP contribution in [-0.2, 0) is 12.3 Å². The molecule has 4 rings (SSSR count). The van der Waals surface area contributed by atoms with Gasteiger partial charge in [-0.2, -0.15) is 0 Å². The van der Waals surface area contributed by atoms with Crippen LogP contribution in [0.1, 0.15) is 24.5 Å². The second-order valence-electron chi connectivity index (χ2n) is 6.73. The summed E-state index contributed by atoms with van der Waals surface area (Å²) in [4.78, 5) is 4.74. The van der Waals surface area contributed by atoms with Gasteiger partial charge >= 0.3 is 0 Å². The number of benzene rings is 2. The lowest BCUT2D eigenvalue weighted by molar-refractivity contribution is 0.210. The number of allylic oxidation sites excluding steroid dienone is 1. The van der Waals surface area contributed by atoms with Crippen LogP contribution < -0.4 is 4.74 Å². The van der Waals surface area contributed by atoms with E-state index in [2.05, 4.69) is 22.2 Å². The summed E-state index contributed by atoms with van der Waals surface area (Å²) >= 11 is 9.49. The number of rotatable bonds is 9. The van der Waals surface area contributed by atoms with Gasteiger partial charge in [0.2, 0.25) is 0 Å². The standard InChI is InChI=1S/C23H21ClN4OS2/c1-3-13-28-21(16(2)29-18-9-5-4-6-10-18)26-27-23(28)31-15-17-14-30-22(25-17)19-11-7-8-12-20(19)24/h3-12,14,16H,1,13,15H2,2H3. The van der Waals surface area contributed by atoms with Crippen molar-refractivity contribution in [2.75, 3.05) is 0 Å². The van der Waals surface area contributed by atoms with Crippen molar-refractivity contribution in [1.82, 2.24) is 19.7 Å². The quantitative estimate of drug-likeness (QED) is 0.203. The minimum absolute atomic E-state index is 0.240. The summed E-state index contributed by atoms with van der Waals surface area (Å²) in [5.41, 5.74) is 1.93. The summed E-state index contributed by atoms with van der Waals surface area (Å²) in [6.07, 6.45) is 1.60. The van der Waals surface area contributed by atoms with E-state index in [1.54, 1.807) is 23.1 Å². The maximum atomic E-state index is 6.31. The van der Waals surface area contributed by atoms with E-state index in [4.69, 9.17) is 21.3 Å². The Morgan fingerprint density at radius 2 is 1.94 bits per heavy atom. The highest BCUT2D eigenvalue weighted by molar-refractivity contribution is 7.98. The van der Waals surface area contributed by atoms with Gasteiger partial charge < -0.3 is 4.74 Å². The molecule has 0 aliphatic heterocycles. The molecule has 0 bridgehead atoms. The van der Waals surface area contributed by atoms with Crippen molar-refractivity contribution in [3.05, 3.63) is 89.2 Å². The Balaban J connectivity index is 1.48. The molecule has 1 unspecified atom stereocenters. The van der Waals surface area contributed by atoms with Gasteiger partial charge in [0.15, 0.2) is 17.1 Å². The summed E-state index contributed by atoms with van der Waals surface area (Å²) in [5, 5.41) is 13.3. The topological polar surface area (TPSA) is 52.8 Å². The van der Waals surface area contributed by atoms with Crippen LogP contribution in [0.2, 0.25) is 5.02 Å². The third-order valence-electron chi connectivity index (χ3n) is 4.48. The molecule has 0 spiro atoms. The number of thioether (sulfide) groups is 1. The Morgan fingerprint density at radius 1 is 1.16 bits per heavy atom. The zero-order chi connectivity index (χ0) is 21.6. The Hall–Kier alpha value is -2.61. The zero-order valence-corrected chi connectivity index (χ0v) is 19.3. The van der Waals surface area contributed by atoms with Crippen LogP contribution >= 0.6 is 34.7 Å². The van der Waals surface area contributed by atoms with Crippen molar-refractivity contribution >= 4 is 34.7 Å². The fraction of sp³-hybridized carbons (Fsp3) is 0.174. The van der Waals surface area contributed by atoms with E-state index >= 15 is 0 Å². The van der Waals surface area contributed by atoms with Crippen molar-refractivity contribution in [3.63, 3.8) is 0 Å². The molecule has 8 heteroatoms. The third kappa shape index (κ3) is 5.18. The third-order valence-corrected chi connectivity index (χ3v) is 6.74. The first kappa shape index (κ1) is 21.6. The van der Waals surface area contributed by atoms with Gasteiger partial charge in [0.25, 0.3) is 0 Å². The molecule has 0 saturated heterocycles. The highest BCUT2D eigenvalue weighted by Gasteiger charge is 2.19. The van der Waals surface area contributed by atoms with E-state index in [1.165, 1.54) is 0 Å². The van der Waals surface area contributed by atoms with E-state index in [0.717, 1.165) is 33.0 Å². The Morgan fingerprint density at radius 3 is 2.71 bits per heavy atom. The van der Waals surface area contributed by atoms with Crippen molar-refractivity contribution in [2.24, 2.45) is 0 Å². The van der Waals surface area contributed by atoms with Gasteiger partial charge in [-0.1, -0.05) is 65.8 Å². The lowest BCUT2D eigenvalue weighted by Gasteiger charge is -2.15. The highest BCUT2D eigenvalue weighted by Crippen LogP contribution is 2.32. The smallest absolute Gasteiger partial charge is 0.192 e. The molecule has 2 heterocycles. The molecule has 1 atom stereocenters. The zero-order valence-electron chi connectivity index (χ0n) is 16.9. The maximum Gasteiger partial charge on any atom is 0.192 e. The van der Waals surface area contributed by atoms with Gasteiger partial charge in [0.1, 0.15) is 10.8 Å². The number of nitrogens with zero attached hydrogens (tertiary/aromatic N) is 4. The van der Waals surface area contributed by atoms with E-state index in [9.17, 15) is 0 Å².